The second-order valence-corrected chi connectivity index (χ2v) is 14.5. The van der Waals surface area contributed by atoms with Crippen LogP contribution in [0.15, 0.2) is 170 Å². The lowest BCUT2D eigenvalue weighted by atomic mass is 9.91. The van der Waals surface area contributed by atoms with E-state index in [0.29, 0.717) is 0 Å². The number of fused-ring (bicyclic) bond motifs is 6. The molecule has 0 saturated carbocycles. The third-order valence-electron chi connectivity index (χ3n) is 11.8. The van der Waals surface area contributed by atoms with Gasteiger partial charge in [-0.05, 0) is 69.1 Å². The fourth-order valence-electron chi connectivity index (χ4n) is 9.58. The van der Waals surface area contributed by atoms with Crippen LogP contribution in [0.5, 0.6) is 0 Å². The van der Waals surface area contributed by atoms with Gasteiger partial charge in [0.05, 0.1) is 38.6 Å². The first kappa shape index (κ1) is 28.3. The van der Waals surface area contributed by atoms with Crippen molar-refractivity contribution in [3.63, 3.8) is 0 Å². The summed E-state index contributed by atoms with van der Waals surface area (Å²) in [5, 5.41) is 12.4. The lowest BCUT2D eigenvalue weighted by molar-refractivity contribution is 1.08. The van der Waals surface area contributed by atoms with Gasteiger partial charge in [0.25, 0.3) is 0 Å². The lowest BCUT2D eigenvalue weighted by Gasteiger charge is -2.17. The van der Waals surface area contributed by atoms with E-state index in [1.165, 1.54) is 76.2 Å². The van der Waals surface area contributed by atoms with E-state index in [1.54, 1.807) is 0 Å². The highest BCUT2D eigenvalue weighted by molar-refractivity contribution is 6.39. The molecule has 0 atom stereocenters. The van der Waals surface area contributed by atoms with Crippen molar-refractivity contribution in [2.24, 2.45) is 0 Å². The van der Waals surface area contributed by atoms with Crippen molar-refractivity contribution in [3.05, 3.63) is 170 Å². The molecule has 9 aromatic carbocycles. The Morgan fingerprint density at radius 2 is 1.07 bits per heavy atom. The summed E-state index contributed by atoms with van der Waals surface area (Å²) in [6.07, 6.45) is 0. The van der Waals surface area contributed by atoms with Gasteiger partial charge < -0.3 is 4.40 Å². The number of para-hydroxylation sites is 3. The highest BCUT2D eigenvalue weighted by Crippen LogP contribution is 2.50. The van der Waals surface area contributed by atoms with E-state index in [9.17, 15) is 0 Å². The van der Waals surface area contributed by atoms with Gasteiger partial charge in [-0.15, -0.1) is 0 Å². The molecule has 0 spiro atoms. The quantitative estimate of drug-likeness (QED) is 0.174. The van der Waals surface area contributed by atoms with Gasteiger partial charge in [0.15, 0.2) is 5.82 Å². The zero-order chi connectivity index (χ0) is 35.1. The van der Waals surface area contributed by atoms with E-state index in [2.05, 4.69) is 173 Å². The highest BCUT2D eigenvalue weighted by atomic mass is 15.1. The maximum absolute atomic E-state index is 5.57. The smallest absolute Gasteiger partial charge is 0.165 e. The summed E-state index contributed by atoms with van der Waals surface area (Å²) >= 11 is 0. The summed E-state index contributed by atoms with van der Waals surface area (Å²) < 4.78 is 4.94. The Morgan fingerprint density at radius 1 is 0.370 bits per heavy atom. The van der Waals surface area contributed by atoms with Gasteiger partial charge in [0, 0.05) is 37.9 Å². The second-order valence-electron chi connectivity index (χ2n) is 14.5. The molecule has 0 saturated heterocycles. The summed E-state index contributed by atoms with van der Waals surface area (Å²) in [6, 6.07) is 61.5. The summed E-state index contributed by atoms with van der Waals surface area (Å²) in [5.74, 6) is 0.825. The Morgan fingerprint density at radius 3 is 1.98 bits per heavy atom. The predicted molar refractivity (Wildman–Crippen MR) is 226 cm³/mol. The van der Waals surface area contributed by atoms with Crippen molar-refractivity contribution < 1.29 is 0 Å². The molecule has 0 aliphatic heterocycles. The van der Waals surface area contributed by atoms with Crippen LogP contribution < -0.4 is 0 Å². The molecule has 0 fully saturated rings. The molecule has 0 unspecified atom stereocenters. The molecule has 13 rings (SSSR count). The average Bonchev–Trinajstić information content (AvgIpc) is 3.70. The zero-order valence-corrected chi connectivity index (χ0v) is 29.0. The third-order valence-corrected chi connectivity index (χ3v) is 11.8. The van der Waals surface area contributed by atoms with Gasteiger partial charge in [-0.25, -0.2) is 9.97 Å². The van der Waals surface area contributed by atoms with E-state index < -0.39 is 0 Å². The number of hydrogen-bond donors (Lipinski definition) is 0. The van der Waals surface area contributed by atoms with Crippen molar-refractivity contribution in [1.82, 2.24) is 18.9 Å². The minimum Gasteiger partial charge on any atom is -0.308 e. The van der Waals surface area contributed by atoms with Gasteiger partial charge >= 0.3 is 0 Å². The number of hydrogen-bond acceptors (Lipinski definition) is 2. The van der Waals surface area contributed by atoms with Gasteiger partial charge in [0.2, 0.25) is 0 Å². The van der Waals surface area contributed by atoms with Crippen LogP contribution in [0.3, 0.4) is 0 Å². The fraction of sp³-hybridized carbons (Fsp3) is 0. The number of aromatic nitrogens is 4. The molecule has 0 aliphatic carbocycles. The van der Waals surface area contributed by atoms with Crippen molar-refractivity contribution in [3.8, 4) is 28.2 Å². The van der Waals surface area contributed by atoms with Crippen LogP contribution in [0.25, 0.3) is 121 Å². The molecule has 4 heteroatoms. The van der Waals surface area contributed by atoms with E-state index >= 15 is 0 Å². The number of rotatable bonds is 3. The maximum atomic E-state index is 5.57. The van der Waals surface area contributed by atoms with E-state index in [-0.39, 0.29) is 0 Å². The molecular formula is C50H28N4. The molecule has 0 radical (unpaired) electrons. The zero-order valence-electron chi connectivity index (χ0n) is 29.0. The van der Waals surface area contributed by atoms with Gasteiger partial charge in [-0.1, -0.05) is 133 Å². The first-order chi connectivity index (χ1) is 26.8. The molecule has 0 bridgehead atoms. The first-order valence-electron chi connectivity index (χ1n) is 18.5. The normalized spacial score (nSPS) is 12.4. The molecule has 0 amide bonds. The standard InChI is InChI=1S/C50H28N4/c1-2-12-30(13-3-1)37-28-43-46-45-34(37)25-24-31-16-11-23-41(44(31)45)53-40-22-9-6-18-33(40)36-26-27-42(47(46)49(36)53)54(43)50-48(51-38-20-7-8-21-39(38)52-50)35-19-10-15-29-14-4-5-17-32(29)35/h1-28H. The number of nitrogens with zero attached hydrogens (tertiary/aromatic N) is 4. The predicted octanol–water partition coefficient (Wildman–Crippen LogP) is 13.0. The maximum Gasteiger partial charge on any atom is 0.165 e. The molecule has 54 heavy (non-hydrogen) atoms. The SMILES string of the molecule is c1ccc(-c2cc3c4c5c2ccc2cccc(c25)n2c5ccccc5c5ccc(c4c52)n3-c2nc3ccccc3nc2-c2cccc3ccccc23)cc1. The van der Waals surface area contributed by atoms with Gasteiger partial charge in [0.1, 0.15) is 5.69 Å². The van der Waals surface area contributed by atoms with Crippen molar-refractivity contribution in [2.75, 3.05) is 0 Å². The van der Waals surface area contributed by atoms with Gasteiger partial charge in [-0.3, -0.25) is 4.57 Å². The molecule has 13 aromatic rings. The Kier molecular flexibility index (Phi) is 5.34. The summed E-state index contributed by atoms with van der Waals surface area (Å²) in [7, 11) is 0. The van der Waals surface area contributed by atoms with Crippen LogP contribution in [0.1, 0.15) is 0 Å². The summed E-state index contributed by atoms with van der Waals surface area (Å²) in [4.78, 5) is 11.1. The molecule has 4 aromatic heterocycles. The molecule has 0 aliphatic rings. The Balaban J connectivity index is 1.34. The van der Waals surface area contributed by atoms with Crippen LogP contribution in [-0.2, 0) is 0 Å². The lowest BCUT2D eigenvalue weighted by Crippen LogP contribution is -2.04. The van der Waals surface area contributed by atoms with Crippen LogP contribution in [0.2, 0.25) is 0 Å². The van der Waals surface area contributed by atoms with Crippen molar-refractivity contribution in [2.45, 2.75) is 0 Å². The minimum atomic E-state index is 0.825. The summed E-state index contributed by atoms with van der Waals surface area (Å²) in [5.41, 5.74) is 12.0. The average molecular weight is 685 g/mol. The number of benzene rings is 9. The molecule has 4 nitrogen and oxygen atoms in total. The van der Waals surface area contributed by atoms with Crippen LogP contribution in [-0.4, -0.2) is 18.9 Å². The largest absolute Gasteiger partial charge is 0.308 e. The summed E-state index contributed by atoms with van der Waals surface area (Å²) in [6.45, 7) is 0. The molecular weight excluding hydrogens is 657 g/mol. The van der Waals surface area contributed by atoms with E-state index in [4.69, 9.17) is 9.97 Å². The van der Waals surface area contributed by atoms with Crippen LogP contribution >= 0.6 is 0 Å². The minimum absolute atomic E-state index is 0.825. The van der Waals surface area contributed by atoms with Gasteiger partial charge in [-0.2, -0.15) is 0 Å². The topological polar surface area (TPSA) is 35.1 Å². The Labute approximate surface area is 308 Å². The highest BCUT2D eigenvalue weighted by Gasteiger charge is 2.28. The molecule has 4 heterocycles. The Hall–Kier alpha value is -7.30. The fourth-order valence-corrected chi connectivity index (χ4v) is 9.58. The third kappa shape index (κ3) is 3.52. The first-order valence-corrected chi connectivity index (χ1v) is 18.5. The van der Waals surface area contributed by atoms with E-state index in [0.717, 1.165) is 44.5 Å². The molecule has 248 valence electrons. The van der Waals surface area contributed by atoms with Crippen molar-refractivity contribution in [1.29, 1.82) is 0 Å². The van der Waals surface area contributed by atoms with Crippen LogP contribution in [0.4, 0.5) is 0 Å². The Bertz CT molecular complexity index is 3660. The van der Waals surface area contributed by atoms with Crippen LogP contribution in [0, 0.1) is 0 Å². The monoisotopic (exact) mass is 684 g/mol. The second kappa shape index (κ2) is 10.2. The van der Waals surface area contributed by atoms with Crippen molar-refractivity contribution >= 4 is 92.5 Å². The van der Waals surface area contributed by atoms with E-state index in [1.807, 2.05) is 6.07 Å². The molecule has 0 N–H and O–H groups in total.